The van der Waals surface area contributed by atoms with E-state index < -0.39 is 0 Å². The summed E-state index contributed by atoms with van der Waals surface area (Å²) in [7, 11) is 0. The number of anilines is 1. The summed E-state index contributed by atoms with van der Waals surface area (Å²) in [4.78, 5) is 12.7. The zero-order valence-electron chi connectivity index (χ0n) is 10.8. The molecule has 5 heteroatoms. The topological polar surface area (TPSA) is 29.1 Å². The Kier molecular flexibility index (Phi) is 5.04. The van der Waals surface area contributed by atoms with Gasteiger partial charge in [0.25, 0.3) is 0 Å². The summed E-state index contributed by atoms with van der Waals surface area (Å²) in [6.07, 6.45) is 0. The highest BCUT2D eigenvalue weighted by atomic mass is 35.5. The van der Waals surface area contributed by atoms with Crippen molar-refractivity contribution < 1.29 is 9.18 Å². The number of hydrogen-bond donors (Lipinski definition) is 1. The first kappa shape index (κ1) is 14.9. The van der Waals surface area contributed by atoms with Gasteiger partial charge < -0.3 is 5.32 Å². The molecule has 2 rings (SSSR count). The van der Waals surface area contributed by atoms with Crippen molar-refractivity contribution in [2.45, 2.75) is 11.8 Å². The van der Waals surface area contributed by atoms with E-state index in [0.717, 1.165) is 4.90 Å². The van der Waals surface area contributed by atoms with Crippen molar-refractivity contribution in [2.24, 2.45) is 0 Å². The van der Waals surface area contributed by atoms with Crippen LogP contribution < -0.4 is 5.32 Å². The van der Waals surface area contributed by atoms with Crippen LogP contribution in [-0.2, 0) is 4.79 Å². The first-order valence-corrected chi connectivity index (χ1v) is 7.35. The van der Waals surface area contributed by atoms with Gasteiger partial charge in [-0.2, -0.15) is 0 Å². The Hall–Kier alpha value is -1.52. The van der Waals surface area contributed by atoms with Crippen LogP contribution in [0.1, 0.15) is 5.56 Å². The van der Waals surface area contributed by atoms with Crippen LogP contribution in [0.25, 0.3) is 0 Å². The third-order valence-electron chi connectivity index (χ3n) is 2.64. The second-order valence-electron chi connectivity index (χ2n) is 4.25. The number of hydrogen-bond acceptors (Lipinski definition) is 2. The molecule has 0 saturated carbocycles. The van der Waals surface area contributed by atoms with E-state index in [4.69, 9.17) is 11.6 Å². The largest absolute Gasteiger partial charge is 0.325 e. The fraction of sp³-hybridized carbons (Fsp3) is 0.133. The minimum atomic E-state index is -0.326. The zero-order chi connectivity index (χ0) is 14.5. The molecule has 0 unspecified atom stereocenters. The molecule has 0 aliphatic heterocycles. The number of halogens is 2. The molecule has 2 aromatic carbocycles. The van der Waals surface area contributed by atoms with E-state index in [9.17, 15) is 9.18 Å². The van der Waals surface area contributed by atoms with E-state index in [0.29, 0.717) is 16.3 Å². The summed E-state index contributed by atoms with van der Waals surface area (Å²) in [5.41, 5.74) is 1.02. The number of carbonyl (C=O) groups is 1. The maximum atomic E-state index is 13.3. The van der Waals surface area contributed by atoms with Crippen molar-refractivity contribution in [3.63, 3.8) is 0 Å². The van der Waals surface area contributed by atoms with E-state index >= 15 is 0 Å². The minimum Gasteiger partial charge on any atom is -0.325 e. The average molecular weight is 310 g/mol. The fourth-order valence-electron chi connectivity index (χ4n) is 1.55. The number of rotatable bonds is 4. The highest BCUT2D eigenvalue weighted by molar-refractivity contribution is 8.00. The Labute approximate surface area is 126 Å². The summed E-state index contributed by atoms with van der Waals surface area (Å²) in [6.45, 7) is 1.68. The van der Waals surface area contributed by atoms with Crippen LogP contribution in [0.4, 0.5) is 10.1 Å². The molecule has 0 fully saturated rings. The molecule has 0 heterocycles. The van der Waals surface area contributed by atoms with Gasteiger partial charge in [0, 0.05) is 15.6 Å². The Morgan fingerprint density at radius 2 is 1.95 bits per heavy atom. The zero-order valence-corrected chi connectivity index (χ0v) is 12.4. The van der Waals surface area contributed by atoms with E-state index in [2.05, 4.69) is 5.32 Å². The molecule has 1 amide bonds. The molecule has 0 saturated heterocycles. The number of nitrogens with one attached hydrogen (secondary N) is 1. The number of aryl methyl sites for hydroxylation is 1. The van der Waals surface area contributed by atoms with Crippen LogP contribution in [0.15, 0.2) is 47.4 Å². The van der Waals surface area contributed by atoms with Crippen molar-refractivity contribution >= 4 is 35.0 Å². The number of carbonyl (C=O) groups excluding carboxylic acids is 1. The van der Waals surface area contributed by atoms with Crippen molar-refractivity contribution in [3.05, 3.63) is 58.9 Å². The summed E-state index contributed by atoms with van der Waals surface area (Å²) >= 11 is 7.18. The van der Waals surface area contributed by atoms with Gasteiger partial charge in [0.1, 0.15) is 5.82 Å². The Morgan fingerprint density at radius 1 is 1.25 bits per heavy atom. The molecular formula is C15H13ClFNOS. The molecule has 0 spiro atoms. The summed E-state index contributed by atoms with van der Waals surface area (Å²) in [5.74, 6) is -0.238. The van der Waals surface area contributed by atoms with Crippen LogP contribution in [-0.4, -0.2) is 11.7 Å². The van der Waals surface area contributed by atoms with E-state index in [1.54, 1.807) is 31.2 Å². The molecule has 104 valence electrons. The maximum Gasteiger partial charge on any atom is 0.234 e. The Balaban J connectivity index is 1.89. The number of thioether (sulfide) groups is 1. The molecule has 1 N–H and O–H groups in total. The smallest absolute Gasteiger partial charge is 0.234 e. The highest BCUT2D eigenvalue weighted by Crippen LogP contribution is 2.21. The first-order valence-electron chi connectivity index (χ1n) is 5.99. The van der Waals surface area contributed by atoms with E-state index in [1.165, 1.54) is 17.8 Å². The van der Waals surface area contributed by atoms with E-state index in [-0.39, 0.29) is 17.5 Å². The first-order chi connectivity index (χ1) is 9.54. The van der Waals surface area contributed by atoms with Crippen LogP contribution in [0.5, 0.6) is 0 Å². The third kappa shape index (κ3) is 4.25. The second-order valence-corrected chi connectivity index (χ2v) is 5.74. The lowest BCUT2D eigenvalue weighted by molar-refractivity contribution is -0.113. The quantitative estimate of drug-likeness (QED) is 0.841. The van der Waals surface area contributed by atoms with Crippen LogP contribution in [0.3, 0.4) is 0 Å². The second kappa shape index (κ2) is 6.77. The lowest BCUT2D eigenvalue weighted by Crippen LogP contribution is -2.14. The summed E-state index contributed by atoms with van der Waals surface area (Å²) in [6, 6.07) is 11.9. The van der Waals surface area contributed by atoms with Crippen molar-refractivity contribution in [3.8, 4) is 0 Å². The van der Waals surface area contributed by atoms with Crippen molar-refractivity contribution in [2.75, 3.05) is 11.1 Å². The van der Waals surface area contributed by atoms with Crippen LogP contribution in [0.2, 0.25) is 5.02 Å². The van der Waals surface area contributed by atoms with Crippen LogP contribution >= 0.6 is 23.4 Å². The molecule has 0 aliphatic carbocycles. The fourth-order valence-corrected chi connectivity index (χ4v) is 2.37. The molecule has 2 aromatic rings. The Morgan fingerprint density at radius 3 is 2.60 bits per heavy atom. The lowest BCUT2D eigenvalue weighted by atomic mass is 10.2. The van der Waals surface area contributed by atoms with Crippen molar-refractivity contribution in [1.29, 1.82) is 0 Å². The molecule has 0 bridgehead atoms. The van der Waals surface area contributed by atoms with Gasteiger partial charge in [-0.05, 0) is 48.9 Å². The van der Waals surface area contributed by atoms with Gasteiger partial charge in [0.2, 0.25) is 5.91 Å². The summed E-state index contributed by atoms with van der Waals surface area (Å²) < 4.78 is 13.3. The molecule has 0 atom stereocenters. The molecule has 20 heavy (non-hydrogen) atoms. The normalized spacial score (nSPS) is 10.3. The molecule has 2 nitrogen and oxygen atoms in total. The van der Waals surface area contributed by atoms with Gasteiger partial charge in [-0.3, -0.25) is 4.79 Å². The highest BCUT2D eigenvalue weighted by Gasteiger charge is 2.05. The van der Waals surface area contributed by atoms with Crippen LogP contribution in [0, 0.1) is 12.7 Å². The average Bonchev–Trinajstić information content (AvgIpc) is 2.42. The molecule has 0 radical (unpaired) electrons. The predicted molar refractivity (Wildman–Crippen MR) is 81.9 cm³/mol. The standard InChI is InChI=1S/C15H13ClFNOS/c1-10-2-5-12(8-14(10)17)18-15(19)9-20-13-6-3-11(16)4-7-13/h2-8H,9H2,1H3,(H,18,19). The van der Waals surface area contributed by atoms with Gasteiger partial charge in [-0.25, -0.2) is 4.39 Å². The molecular weight excluding hydrogens is 297 g/mol. The number of benzene rings is 2. The molecule has 0 aliphatic rings. The van der Waals surface area contributed by atoms with Crippen molar-refractivity contribution in [1.82, 2.24) is 0 Å². The third-order valence-corrected chi connectivity index (χ3v) is 3.90. The van der Waals surface area contributed by atoms with Gasteiger partial charge in [0.05, 0.1) is 5.75 Å². The minimum absolute atomic E-state index is 0.173. The van der Waals surface area contributed by atoms with E-state index in [1.807, 2.05) is 12.1 Å². The monoisotopic (exact) mass is 309 g/mol. The SMILES string of the molecule is Cc1ccc(NC(=O)CSc2ccc(Cl)cc2)cc1F. The predicted octanol–water partition coefficient (Wildman–Crippen LogP) is 4.52. The van der Waals surface area contributed by atoms with Gasteiger partial charge in [0.15, 0.2) is 0 Å². The van der Waals surface area contributed by atoms with Gasteiger partial charge in [-0.15, -0.1) is 11.8 Å². The van der Waals surface area contributed by atoms with Gasteiger partial charge >= 0.3 is 0 Å². The maximum absolute atomic E-state index is 13.3. The Bertz CT molecular complexity index is 616. The summed E-state index contributed by atoms with van der Waals surface area (Å²) in [5, 5.41) is 3.33. The number of amides is 1. The molecule has 0 aromatic heterocycles. The van der Waals surface area contributed by atoms with Gasteiger partial charge in [-0.1, -0.05) is 17.7 Å². The lowest BCUT2D eigenvalue weighted by Gasteiger charge is -2.06.